The predicted molar refractivity (Wildman–Crippen MR) is 49.2 cm³/mol. The Bertz CT molecular complexity index is 135. The molecule has 0 aromatic rings. The first-order chi connectivity index (χ1) is 6.49. The van der Waals surface area contributed by atoms with E-state index in [1.54, 1.807) is 0 Å². The largest absolute Gasteiger partial charge is 0.411 e. The number of halogens is 3. The fourth-order valence-electron chi connectivity index (χ4n) is 1.10. The van der Waals surface area contributed by atoms with E-state index >= 15 is 0 Å². The standard InChI is InChI=1S/C9H18F3NO/c1-3-8(4-2)13-5-6-14-7-9(10,11)12/h8,13H,3-7H2,1-2H3. The third kappa shape index (κ3) is 8.31. The molecule has 2 nitrogen and oxygen atoms in total. The van der Waals surface area contributed by atoms with Crippen molar-refractivity contribution in [3.05, 3.63) is 0 Å². The Hall–Kier alpha value is -0.290. The van der Waals surface area contributed by atoms with E-state index in [4.69, 9.17) is 0 Å². The highest BCUT2D eigenvalue weighted by atomic mass is 19.4. The molecule has 0 rings (SSSR count). The van der Waals surface area contributed by atoms with E-state index in [1.807, 2.05) is 13.8 Å². The summed E-state index contributed by atoms with van der Waals surface area (Å²) in [4.78, 5) is 0. The summed E-state index contributed by atoms with van der Waals surface area (Å²) in [6.45, 7) is 3.51. The third-order valence-corrected chi connectivity index (χ3v) is 1.93. The molecule has 0 bridgehead atoms. The van der Waals surface area contributed by atoms with Crippen molar-refractivity contribution < 1.29 is 17.9 Å². The van der Waals surface area contributed by atoms with Gasteiger partial charge in [0.25, 0.3) is 0 Å². The first-order valence-electron chi connectivity index (χ1n) is 4.87. The van der Waals surface area contributed by atoms with Crippen molar-refractivity contribution in [1.82, 2.24) is 5.32 Å². The predicted octanol–water partition coefficient (Wildman–Crippen LogP) is 2.34. The van der Waals surface area contributed by atoms with E-state index in [-0.39, 0.29) is 6.61 Å². The zero-order valence-corrected chi connectivity index (χ0v) is 8.66. The average Bonchev–Trinajstić information content (AvgIpc) is 2.09. The molecule has 0 saturated heterocycles. The van der Waals surface area contributed by atoms with Crippen LogP contribution in [0, 0.1) is 0 Å². The Labute approximate surface area is 82.8 Å². The van der Waals surface area contributed by atoms with E-state index in [0.29, 0.717) is 12.6 Å². The van der Waals surface area contributed by atoms with Gasteiger partial charge in [0.2, 0.25) is 0 Å². The topological polar surface area (TPSA) is 21.3 Å². The molecule has 0 fully saturated rings. The quantitative estimate of drug-likeness (QED) is 0.655. The second-order valence-corrected chi connectivity index (χ2v) is 3.14. The Kier molecular flexibility index (Phi) is 6.92. The van der Waals surface area contributed by atoms with E-state index in [9.17, 15) is 13.2 Å². The van der Waals surface area contributed by atoms with E-state index in [2.05, 4.69) is 10.1 Å². The molecule has 0 spiro atoms. The molecule has 0 aromatic heterocycles. The monoisotopic (exact) mass is 213 g/mol. The lowest BCUT2D eigenvalue weighted by Crippen LogP contribution is -2.31. The number of hydrogen-bond donors (Lipinski definition) is 1. The third-order valence-electron chi connectivity index (χ3n) is 1.93. The summed E-state index contributed by atoms with van der Waals surface area (Å²) in [5.74, 6) is 0. The van der Waals surface area contributed by atoms with Gasteiger partial charge in [0, 0.05) is 12.6 Å². The Morgan fingerprint density at radius 2 is 1.79 bits per heavy atom. The van der Waals surface area contributed by atoms with Crippen LogP contribution < -0.4 is 5.32 Å². The van der Waals surface area contributed by atoms with Gasteiger partial charge in [0.15, 0.2) is 0 Å². The van der Waals surface area contributed by atoms with Gasteiger partial charge < -0.3 is 10.1 Å². The van der Waals surface area contributed by atoms with Gasteiger partial charge in [0.05, 0.1) is 6.61 Å². The van der Waals surface area contributed by atoms with Crippen molar-refractivity contribution >= 4 is 0 Å². The van der Waals surface area contributed by atoms with Crippen LogP contribution in [0.2, 0.25) is 0 Å². The molecule has 0 aliphatic rings. The van der Waals surface area contributed by atoms with Gasteiger partial charge in [-0.1, -0.05) is 13.8 Å². The smallest absolute Gasteiger partial charge is 0.371 e. The molecule has 0 aliphatic carbocycles. The lowest BCUT2D eigenvalue weighted by atomic mass is 10.2. The molecule has 86 valence electrons. The summed E-state index contributed by atoms with van der Waals surface area (Å²) in [5.41, 5.74) is 0. The first-order valence-corrected chi connectivity index (χ1v) is 4.87. The molecular formula is C9H18F3NO. The molecule has 0 unspecified atom stereocenters. The van der Waals surface area contributed by atoms with Gasteiger partial charge in [0.1, 0.15) is 6.61 Å². The van der Waals surface area contributed by atoms with Gasteiger partial charge >= 0.3 is 6.18 Å². The number of ether oxygens (including phenoxy) is 1. The van der Waals surface area contributed by atoms with Crippen molar-refractivity contribution in [2.45, 2.75) is 38.9 Å². The summed E-state index contributed by atoms with van der Waals surface area (Å²) in [6, 6.07) is 0.379. The van der Waals surface area contributed by atoms with E-state index in [0.717, 1.165) is 12.8 Å². The number of nitrogens with one attached hydrogen (secondary N) is 1. The number of hydrogen-bond acceptors (Lipinski definition) is 2. The first kappa shape index (κ1) is 13.7. The molecule has 0 atom stereocenters. The van der Waals surface area contributed by atoms with Gasteiger partial charge in [-0.15, -0.1) is 0 Å². The number of alkyl halides is 3. The zero-order valence-electron chi connectivity index (χ0n) is 8.66. The maximum absolute atomic E-state index is 11.6. The summed E-state index contributed by atoms with van der Waals surface area (Å²) in [6.07, 6.45) is -2.25. The van der Waals surface area contributed by atoms with Gasteiger partial charge in [-0.05, 0) is 12.8 Å². The summed E-state index contributed by atoms with van der Waals surface area (Å²) < 4.78 is 39.3. The Morgan fingerprint density at radius 3 is 2.21 bits per heavy atom. The zero-order chi connectivity index (χ0) is 11.0. The fraction of sp³-hybridized carbons (Fsp3) is 1.00. The maximum Gasteiger partial charge on any atom is 0.411 e. The molecule has 0 amide bonds. The van der Waals surface area contributed by atoms with Crippen molar-refractivity contribution in [3.8, 4) is 0 Å². The highest BCUT2D eigenvalue weighted by Crippen LogP contribution is 2.13. The molecular weight excluding hydrogens is 195 g/mol. The van der Waals surface area contributed by atoms with E-state index < -0.39 is 12.8 Å². The molecule has 0 saturated carbocycles. The van der Waals surface area contributed by atoms with Crippen molar-refractivity contribution in [2.75, 3.05) is 19.8 Å². The summed E-state index contributed by atoms with van der Waals surface area (Å²) >= 11 is 0. The van der Waals surface area contributed by atoms with Crippen LogP contribution in [0.4, 0.5) is 13.2 Å². The fourth-order valence-corrected chi connectivity index (χ4v) is 1.10. The molecule has 0 heterocycles. The molecule has 0 radical (unpaired) electrons. The maximum atomic E-state index is 11.6. The van der Waals surface area contributed by atoms with Crippen LogP contribution in [-0.4, -0.2) is 32.0 Å². The highest BCUT2D eigenvalue weighted by molar-refractivity contribution is 4.61. The van der Waals surface area contributed by atoms with Crippen LogP contribution >= 0.6 is 0 Å². The van der Waals surface area contributed by atoms with Crippen LogP contribution in [0.25, 0.3) is 0 Å². The SMILES string of the molecule is CCC(CC)NCCOCC(F)(F)F. The van der Waals surface area contributed by atoms with Crippen molar-refractivity contribution in [1.29, 1.82) is 0 Å². The minimum Gasteiger partial charge on any atom is -0.371 e. The Morgan fingerprint density at radius 1 is 1.21 bits per heavy atom. The Balaban J connectivity index is 3.29. The minimum atomic E-state index is -4.21. The van der Waals surface area contributed by atoms with Crippen LogP contribution in [0.1, 0.15) is 26.7 Å². The van der Waals surface area contributed by atoms with Crippen LogP contribution in [0.5, 0.6) is 0 Å². The number of rotatable bonds is 7. The lowest BCUT2D eigenvalue weighted by Gasteiger charge is -2.14. The summed E-state index contributed by atoms with van der Waals surface area (Å²) in [7, 11) is 0. The molecule has 0 aromatic carbocycles. The second kappa shape index (κ2) is 7.06. The molecule has 1 N–H and O–H groups in total. The second-order valence-electron chi connectivity index (χ2n) is 3.14. The molecule has 5 heteroatoms. The van der Waals surface area contributed by atoms with Gasteiger partial charge in [-0.3, -0.25) is 0 Å². The van der Waals surface area contributed by atoms with Crippen LogP contribution in [-0.2, 0) is 4.74 Å². The average molecular weight is 213 g/mol. The summed E-state index contributed by atoms with van der Waals surface area (Å²) in [5, 5.41) is 3.11. The van der Waals surface area contributed by atoms with Gasteiger partial charge in [-0.25, -0.2) is 0 Å². The minimum absolute atomic E-state index is 0.107. The normalized spacial score (nSPS) is 12.4. The van der Waals surface area contributed by atoms with Crippen molar-refractivity contribution in [2.24, 2.45) is 0 Å². The van der Waals surface area contributed by atoms with Gasteiger partial charge in [-0.2, -0.15) is 13.2 Å². The lowest BCUT2D eigenvalue weighted by molar-refractivity contribution is -0.173. The molecule has 0 aliphatic heterocycles. The highest BCUT2D eigenvalue weighted by Gasteiger charge is 2.27. The molecule has 14 heavy (non-hydrogen) atoms. The van der Waals surface area contributed by atoms with Crippen molar-refractivity contribution in [3.63, 3.8) is 0 Å². The van der Waals surface area contributed by atoms with E-state index in [1.165, 1.54) is 0 Å². The van der Waals surface area contributed by atoms with Crippen LogP contribution in [0.15, 0.2) is 0 Å². The van der Waals surface area contributed by atoms with Crippen LogP contribution in [0.3, 0.4) is 0 Å².